The molecular formula is C12H20O2. The maximum Gasteiger partial charge on any atom is 0.162 e. The van der Waals surface area contributed by atoms with Gasteiger partial charge in [-0.2, -0.15) is 0 Å². The second kappa shape index (κ2) is 6.41. The van der Waals surface area contributed by atoms with E-state index >= 15 is 0 Å². The Bertz CT molecular complexity index is 249. The molecule has 2 heteroatoms. The molecule has 0 heterocycles. The second-order valence-corrected chi connectivity index (χ2v) is 3.31. The van der Waals surface area contributed by atoms with E-state index in [0.717, 1.165) is 0 Å². The minimum absolute atomic E-state index is 0.00685. The molecule has 0 spiro atoms. The first-order valence-corrected chi connectivity index (χ1v) is 5.16. The summed E-state index contributed by atoms with van der Waals surface area (Å²) in [5.41, 5.74) is 0.563. The molecule has 0 rings (SSSR count). The van der Waals surface area contributed by atoms with Gasteiger partial charge in [0.25, 0.3) is 0 Å². The van der Waals surface area contributed by atoms with Crippen LogP contribution in [0.2, 0.25) is 0 Å². The summed E-state index contributed by atoms with van der Waals surface area (Å²) in [4.78, 5) is 11.6. The van der Waals surface area contributed by atoms with Gasteiger partial charge in [-0.15, -0.1) is 0 Å². The van der Waals surface area contributed by atoms with Crippen LogP contribution in [0.25, 0.3) is 0 Å². The molecule has 0 aromatic carbocycles. The molecule has 0 aromatic heterocycles. The molecule has 2 nitrogen and oxygen atoms in total. The van der Waals surface area contributed by atoms with Crippen molar-refractivity contribution in [3.63, 3.8) is 0 Å². The lowest BCUT2D eigenvalue weighted by molar-refractivity contribution is -0.115. The molecule has 0 aliphatic rings. The normalized spacial score (nSPS) is 15.4. The first-order valence-electron chi connectivity index (χ1n) is 5.16. The summed E-state index contributed by atoms with van der Waals surface area (Å²) in [6.45, 7) is 7.50. The van der Waals surface area contributed by atoms with Crippen LogP contribution in [0.3, 0.4) is 0 Å². The van der Waals surface area contributed by atoms with Crippen molar-refractivity contribution in [1.29, 1.82) is 0 Å². The van der Waals surface area contributed by atoms with Gasteiger partial charge in [0, 0.05) is 24.3 Å². The predicted molar refractivity (Wildman–Crippen MR) is 59.2 cm³/mol. The van der Waals surface area contributed by atoms with E-state index in [0.29, 0.717) is 18.4 Å². The lowest BCUT2D eigenvalue weighted by Gasteiger charge is -2.12. The van der Waals surface area contributed by atoms with Gasteiger partial charge in [0.15, 0.2) is 5.78 Å². The summed E-state index contributed by atoms with van der Waals surface area (Å²) in [6.07, 6.45) is 4.79. The molecule has 1 N–H and O–H groups in total. The molecule has 1 unspecified atom stereocenters. The largest absolute Gasteiger partial charge is 0.512 e. The lowest BCUT2D eigenvalue weighted by Crippen LogP contribution is -2.11. The van der Waals surface area contributed by atoms with E-state index in [4.69, 9.17) is 0 Å². The van der Waals surface area contributed by atoms with Gasteiger partial charge >= 0.3 is 0 Å². The fourth-order valence-corrected chi connectivity index (χ4v) is 1.44. The number of rotatable bonds is 5. The minimum atomic E-state index is 0.00685. The van der Waals surface area contributed by atoms with Gasteiger partial charge in [-0.05, 0) is 6.92 Å². The summed E-state index contributed by atoms with van der Waals surface area (Å²) in [6, 6.07) is 0. The fourth-order valence-electron chi connectivity index (χ4n) is 1.44. The van der Waals surface area contributed by atoms with E-state index in [1.54, 1.807) is 0 Å². The Labute approximate surface area is 86.3 Å². The summed E-state index contributed by atoms with van der Waals surface area (Å²) >= 11 is 0. The van der Waals surface area contributed by atoms with Gasteiger partial charge in [-0.3, -0.25) is 4.79 Å². The molecule has 0 aliphatic heterocycles. The number of carbonyl (C=O) groups is 1. The Kier molecular flexibility index (Phi) is 5.93. The molecule has 0 saturated heterocycles. The summed E-state index contributed by atoms with van der Waals surface area (Å²) in [5.74, 6) is 0.268. The summed E-state index contributed by atoms with van der Waals surface area (Å²) in [5, 5.41) is 9.64. The van der Waals surface area contributed by atoms with Gasteiger partial charge in [0.2, 0.25) is 0 Å². The van der Waals surface area contributed by atoms with Gasteiger partial charge in [-0.25, -0.2) is 0 Å². The topological polar surface area (TPSA) is 37.3 Å². The highest BCUT2D eigenvalue weighted by molar-refractivity contribution is 5.96. The van der Waals surface area contributed by atoms with Crippen LogP contribution in [0, 0.1) is 5.92 Å². The number of Topliss-reactive ketones (excluding diaryl/α,β-unsaturated/α-hetero) is 1. The van der Waals surface area contributed by atoms with Crippen molar-refractivity contribution < 1.29 is 9.90 Å². The predicted octanol–water partition coefficient (Wildman–Crippen LogP) is 3.40. The van der Waals surface area contributed by atoms with Gasteiger partial charge in [0.1, 0.15) is 0 Å². The van der Waals surface area contributed by atoms with Crippen molar-refractivity contribution in [3.8, 4) is 0 Å². The van der Waals surface area contributed by atoms with E-state index in [1.807, 2.05) is 39.8 Å². The van der Waals surface area contributed by atoms with Crippen molar-refractivity contribution in [2.45, 2.75) is 40.5 Å². The molecule has 0 bridgehead atoms. The fraction of sp³-hybridized carbons (Fsp3) is 0.583. The highest BCUT2D eigenvalue weighted by Gasteiger charge is 2.17. The Morgan fingerprint density at radius 3 is 2.29 bits per heavy atom. The maximum absolute atomic E-state index is 11.6. The molecule has 0 radical (unpaired) electrons. The van der Waals surface area contributed by atoms with Crippen LogP contribution in [0.4, 0.5) is 0 Å². The number of hydrogen-bond acceptors (Lipinski definition) is 2. The van der Waals surface area contributed by atoms with E-state index in [2.05, 4.69) is 0 Å². The van der Waals surface area contributed by atoms with Crippen LogP contribution >= 0.6 is 0 Å². The third-order valence-corrected chi connectivity index (χ3v) is 2.20. The first-order chi connectivity index (χ1) is 6.58. The van der Waals surface area contributed by atoms with Crippen LogP contribution in [-0.4, -0.2) is 10.9 Å². The Morgan fingerprint density at radius 2 is 1.93 bits per heavy atom. The zero-order valence-electron chi connectivity index (χ0n) is 9.50. The zero-order valence-corrected chi connectivity index (χ0v) is 9.50. The van der Waals surface area contributed by atoms with Crippen molar-refractivity contribution >= 4 is 5.78 Å². The van der Waals surface area contributed by atoms with Crippen LogP contribution < -0.4 is 0 Å². The monoisotopic (exact) mass is 196 g/mol. The molecule has 1 atom stereocenters. The Hall–Kier alpha value is -1.05. The Balaban J connectivity index is 5.01. The molecule has 0 amide bonds. The molecular weight excluding hydrogens is 176 g/mol. The molecule has 0 aliphatic carbocycles. The lowest BCUT2D eigenvalue weighted by atomic mass is 9.93. The van der Waals surface area contributed by atoms with E-state index in [1.165, 1.54) is 0 Å². The zero-order chi connectivity index (χ0) is 11.1. The van der Waals surface area contributed by atoms with Crippen LogP contribution in [0.1, 0.15) is 40.5 Å². The second-order valence-electron chi connectivity index (χ2n) is 3.31. The molecule has 0 saturated carbocycles. The van der Waals surface area contributed by atoms with Crippen molar-refractivity contribution in [2.75, 3.05) is 0 Å². The van der Waals surface area contributed by atoms with Crippen molar-refractivity contribution in [3.05, 3.63) is 23.5 Å². The first kappa shape index (κ1) is 12.9. The van der Waals surface area contributed by atoms with E-state index in [-0.39, 0.29) is 17.5 Å². The standard InChI is InChI=1S/C12H20O2/c1-5-8-9(4)12(10(13)6-2)11(14)7-3/h5,8-9,13H,6-7H2,1-4H3/b8-5+,12-10+. The number of carbonyl (C=O) groups excluding carboxylic acids is 1. The average Bonchev–Trinajstić information content (AvgIpc) is 2.17. The van der Waals surface area contributed by atoms with Gasteiger partial charge in [-0.1, -0.05) is 32.9 Å². The summed E-state index contributed by atoms with van der Waals surface area (Å²) < 4.78 is 0. The maximum atomic E-state index is 11.6. The average molecular weight is 196 g/mol. The number of allylic oxidation sites excluding steroid dienone is 4. The SMILES string of the molecule is C/C=C/C(C)/C(C(=O)CC)=C(\O)CC. The molecule has 0 aromatic rings. The van der Waals surface area contributed by atoms with Crippen LogP contribution in [-0.2, 0) is 4.79 Å². The number of aliphatic hydroxyl groups is 1. The molecule has 80 valence electrons. The van der Waals surface area contributed by atoms with E-state index in [9.17, 15) is 9.90 Å². The van der Waals surface area contributed by atoms with Gasteiger partial charge in [0.05, 0.1) is 5.76 Å². The number of hydrogen-bond donors (Lipinski definition) is 1. The third-order valence-electron chi connectivity index (χ3n) is 2.20. The highest BCUT2D eigenvalue weighted by atomic mass is 16.3. The Morgan fingerprint density at radius 1 is 1.36 bits per heavy atom. The smallest absolute Gasteiger partial charge is 0.162 e. The molecule has 0 fully saturated rings. The van der Waals surface area contributed by atoms with Crippen LogP contribution in [0.5, 0.6) is 0 Å². The summed E-state index contributed by atoms with van der Waals surface area (Å²) in [7, 11) is 0. The highest BCUT2D eigenvalue weighted by Crippen LogP contribution is 2.19. The van der Waals surface area contributed by atoms with E-state index < -0.39 is 0 Å². The quantitative estimate of drug-likeness (QED) is 0.415. The van der Waals surface area contributed by atoms with Crippen LogP contribution in [0.15, 0.2) is 23.5 Å². The van der Waals surface area contributed by atoms with Gasteiger partial charge < -0.3 is 5.11 Å². The molecule has 14 heavy (non-hydrogen) atoms. The number of ketones is 1. The van der Waals surface area contributed by atoms with Crippen molar-refractivity contribution in [2.24, 2.45) is 5.92 Å². The van der Waals surface area contributed by atoms with Crippen molar-refractivity contribution in [1.82, 2.24) is 0 Å². The number of aliphatic hydroxyl groups excluding tert-OH is 1. The minimum Gasteiger partial charge on any atom is -0.512 e. The third kappa shape index (κ3) is 3.36.